The molecule has 0 radical (unpaired) electrons. The maximum absolute atomic E-state index is 13.4. The van der Waals surface area contributed by atoms with E-state index in [1.54, 1.807) is 0 Å². The van der Waals surface area contributed by atoms with Crippen molar-refractivity contribution in [2.45, 2.75) is 19.9 Å². The molecule has 0 fully saturated rings. The van der Waals surface area contributed by atoms with Crippen molar-refractivity contribution < 1.29 is 4.79 Å². The van der Waals surface area contributed by atoms with Crippen LogP contribution in [-0.2, 0) is 7.05 Å². The molecule has 1 unspecified atom stereocenters. The average molecular weight is 396 g/mol. The lowest BCUT2D eigenvalue weighted by Crippen LogP contribution is -2.28. The number of aromatic nitrogens is 2. The van der Waals surface area contributed by atoms with Gasteiger partial charge in [0.05, 0.1) is 6.04 Å². The number of nitrogens with zero attached hydrogens (tertiary/aromatic N) is 2. The molecule has 0 aliphatic heterocycles. The molecule has 0 saturated heterocycles. The number of carbonyl (C=O) groups excluding carboxylic acids is 1. The van der Waals surface area contributed by atoms with Crippen molar-refractivity contribution in [2.24, 2.45) is 7.05 Å². The van der Waals surface area contributed by atoms with Gasteiger partial charge in [0.15, 0.2) is 0 Å². The van der Waals surface area contributed by atoms with Gasteiger partial charge in [-0.25, -0.2) is 4.98 Å². The quantitative estimate of drug-likeness (QED) is 0.481. The van der Waals surface area contributed by atoms with Gasteiger partial charge in [-0.3, -0.25) is 4.79 Å². The fourth-order valence-corrected chi connectivity index (χ4v) is 3.61. The summed E-state index contributed by atoms with van der Waals surface area (Å²) in [5.41, 5.74) is 5.38. The molecule has 150 valence electrons. The molecule has 1 heterocycles. The van der Waals surface area contributed by atoms with Crippen molar-refractivity contribution in [2.75, 3.05) is 0 Å². The second-order valence-corrected chi connectivity index (χ2v) is 7.53. The van der Waals surface area contributed by atoms with Crippen LogP contribution in [0.3, 0.4) is 0 Å². The predicted octanol–water partition coefficient (Wildman–Crippen LogP) is 5.55. The summed E-state index contributed by atoms with van der Waals surface area (Å²) >= 11 is 0. The van der Waals surface area contributed by atoms with Gasteiger partial charge in [-0.1, -0.05) is 90.5 Å². The van der Waals surface area contributed by atoms with Crippen LogP contribution in [0.5, 0.6) is 0 Å². The summed E-state index contributed by atoms with van der Waals surface area (Å²) in [5, 5.41) is 3.14. The second kappa shape index (κ2) is 8.37. The first kappa shape index (κ1) is 19.6. The van der Waals surface area contributed by atoms with Crippen molar-refractivity contribution in [3.63, 3.8) is 0 Å². The van der Waals surface area contributed by atoms with Gasteiger partial charge in [0, 0.05) is 18.2 Å². The maximum atomic E-state index is 13.4. The Balaban J connectivity index is 1.77. The Morgan fingerprint density at radius 1 is 0.867 bits per heavy atom. The standard InChI is InChI=1S/C26H25N3O/c1-18-14-16-21(17-15-18)23-24(26(30)27-19(2)20-10-6-4-7-11-20)29(3)25(28-23)22-12-8-5-9-13-22/h4-17,19H,1-3H3,(H,27,30). The fraction of sp³-hybridized carbons (Fsp3) is 0.154. The topological polar surface area (TPSA) is 46.9 Å². The van der Waals surface area contributed by atoms with Gasteiger partial charge in [0.2, 0.25) is 0 Å². The summed E-state index contributed by atoms with van der Waals surface area (Å²) in [6.45, 7) is 4.04. The molecule has 30 heavy (non-hydrogen) atoms. The highest BCUT2D eigenvalue weighted by atomic mass is 16.2. The first-order valence-corrected chi connectivity index (χ1v) is 10.1. The Hall–Kier alpha value is -3.66. The molecular formula is C26H25N3O. The Labute approximate surface area is 177 Å². The third-order valence-electron chi connectivity index (χ3n) is 5.31. The SMILES string of the molecule is Cc1ccc(-c2nc(-c3ccccc3)n(C)c2C(=O)NC(C)c2ccccc2)cc1. The van der Waals surface area contributed by atoms with Gasteiger partial charge in [-0.15, -0.1) is 0 Å². The van der Waals surface area contributed by atoms with Gasteiger partial charge >= 0.3 is 0 Å². The number of aryl methyl sites for hydroxylation is 1. The third kappa shape index (κ3) is 3.90. The molecule has 0 aliphatic rings. The largest absolute Gasteiger partial charge is 0.344 e. The minimum atomic E-state index is -0.140. The first-order valence-electron chi connectivity index (χ1n) is 10.1. The zero-order chi connectivity index (χ0) is 21.1. The van der Waals surface area contributed by atoms with E-state index < -0.39 is 0 Å². The summed E-state index contributed by atoms with van der Waals surface area (Å²) < 4.78 is 1.89. The van der Waals surface area contributed by atoms with Crippen LogP contribution >= 0.6 is 0 Å². The smallest absolute Gasteiger partial charge is 0.270 e. The first-order chi connectivity index (χ1) is 14.5. The van der Waals surface area contributed by atoms with Gasteiger partial charge in [-0.05, 0) is 19.4 Å². The number of rotatable bonds is 5. The summed E-state index contributed by atoms with van der Waals surface area (Å²) in [4.78, 5) is 18.3. The molecule has 1 aromatic heterocycles. The normalized spacial score (nSPS) is 11.8. The molecule has 0 bridgehead atoms. The van der Waals surface area contributed by atoms with Crippen LogP contribution in [-0.4, -0.2) is 15.5 Å². The number of nitrogens with one attached hydrogen (secondary N) is 1. The lowest BCUT2D eigenvalue weighted by Gasteiger charge is -2.15. The van der Waals surface area contributed by atoms with Crippen LogP contribution < -0.4 is 5.32 Å². The Morgan fingerprint density at radius 2 is 1.47 bits per heavy atom. The Bertz CT molecular complexity index is 1150. The molecule has 0 aliphatic carbocycles. The molecule has 1 atom stereocenters. The van der Waals surface area contributed by atoms with E-state index in [4.69, 9.17) is 4.98 Å². The monoisotopic (exact) mass is 395 g/mol. The highest BCUT2D eigenvalue weighted by Crippen LogP contribution is 2.29. The minimum absolute atomic E-state index is 0.111. The molecule has 4 nitrogen and oxygen atoms in total. The molecule has 0 spiro atoms. The molecule has 4 heteroatoms. The fourth-order valence-electron chi connectivity index (χ4n) is 3.61. The van der Waals surface area contributed by atoms with E-state index in [1.165, 1.54) is 5.56 Å². The van der Waals surface area contributed by atoms with Crippen molar-refractivity contribution in [1.29, 1.82) is 0 Å². The van der Waals surface area contributed by atoms with E-state index in [-0.39, 0.29) is 11.9 Å². The number of benzene rings is 3. The molecule has 0 saturated carbocycles. The number of amides is 1. The second-order valence-electron chi connectivity index (χ2n) is 7.53. The summed E-state index contributed by atoms with van der Waals surface area (Å²) in [6, 6.07) is 27.9. The minimum Gasteiger partial charge on any atom is -0.344 e. The lowest BCUT2D eigenvalue weighted by atomic mass is 10.1. The lowest BCUT2D eigenvalue weighted by molar-refractivity contribution is 0.0932. The number of carbonyl (C=O) groups is 1. The summed E-state index contributed by atoms with van der Waals surface area (Å²) in [6.07, 6.45) is 0. The summed E-state index contributed by atoms with van der Waals surface area (Å²) in [7, 11) is 1.90. The van der Waals surface area contributed by atoms with Crippen LogP contribution in [0, 0.1) is 6.92 Å². The molecular weight excluding hydrogens is 370 g/mol. The highest BCUT2D eigenvalue weighted by molar-refractivity contribution is 5.99. The van der Waals surface area contributed by atoms with Crippen molar-refractivity contribution in [3.05, 3.63) is 102 Å². The van der Waals surface area contributed by atoms with Crippen LogP contribution in [0.25, 0.3) is 22.6 Å². The van der Waals surface area contributed by atoms with E-state index in [1.807, 2.05) is 110 Å². The highest BCUT2D eigenvalue weighted by Gasteiger charge is 2.24. The Morgan fingerprint density at radius 3 is 2.10 bits per heavy atom. The van der Waals surface area contributed by atoms with E-state index in [0.29, 0.717) is 11.4 Å². The third-order valence-corrected chi connectivity index (χ3v) is 5.31. The molecule has 3 aromatic carbocycles. The maximum Gasteiger partial charge on any atom is 0.270 e. The van der Waals surface area contributed by atoms with Crippen LogP contribution in [0.1, 0.15) is 34.6 Å². The number of hydrogen-bond donors (Lipinski definition) is 1. The van der Waals surface area contributed by atoms with E-state index in [0.717, 1.165) is 22.5 Å². The number of hydrogen-bond acceptors (Lipinski definition) is 2. The van der Waals surface area contributed by atoms with Crippen molar-refractivity contribution in [1.82, 2.24) is 14.9 Å². The van der Waals surface area contributed by atoms with Crippen molar-refractivity contribution >= 4 is 5.91 Å². The summed E-state index contributed by atoms with van der Waals surface area (Å²) in [5.74, 6) is 0.628. The molecule has 1 amide bonds. The van der Waals surface area contributed by atoms with E-state index >= 15 is 0 Å². The number of imidazole rings is 1. The van der Waals surface area contributed by atoms with Crippen LogP contribution in [0.2, 0.25) is 0 Å². The van der Waals surface area contributed by atoms with Gasteiger partial charge in [-0.2, -0.15) is 0 Å². The van der Waals surface area contributed by atoms with E-state index in [2.05, 4.69) is 5.32 Å². The van der Waals surface area contributed by atoms with Crippen molar-refractivity contribution in [3.8, 4) is 22.6 Å². The van der Waals surface area contributed by atoms with Gasteiger partial charge in [0.1, 0.15) is 17.2 Å². The average Bonchev–Trinajstić information content (AvgIpc) is 3.12. The van der Waals surface area contributed by atoms with Gasteiger partial charge < -0.3 is 9.88 Å². The molecule has 4 aromatic rings. The Kier molecular flexibility index (Phi) is 5.48. The van der Waals surface area contributed by atoms with Crippen LogP contribution in [0.4, 0.5) is 0 Å². The molecule has 1 N–H and O–H groups in total. The zero-order valence-corrected chi connectivity index (χ0v) is 17.5. The van der Waals surface area contributed by atoms with E-state index in [9.17, 15) is 4.79 Å². The van der Waals surface area contributed by atoms with Crippen LogP contribution in [0.15, 0.2) is 84.9 Å². The predicted molar refractivity (Wildman–Crippen MR) is 121 cm³/mol. The van der Waals surface area contributed by atoms with Gasteiger partial charge in [0.25, 0.3) is 5.91 Å². The molecule has 4 rings (SSSR count). The zero-order valence-electron chi connectivity index (χ0n) is 17.5.